The van der Waals surface area contributed by atoms with Gasteiger partial charge < -0.3 is 4.74 Å². The summed E-state index contributed by atoms with van der Waals surface area (Å²) in [6.45, 7) is 6.53. The molecule has 0 amide bonds. The van der Waals surface area contributed by atoms with Crippen molar-refractivity contribution in [2.75, 3.05) is 6.61 Å². The lowest BCUT2D eigenvalue weighted by molar-refractivity contribution is -0.147. The Morgan fingerprint density at radius 1 is 1.29 bits per heavy atom. The lowest BCUT2D eigenvalue weighted by Crippen LogP contribution is -2.40. The molecule has 0 aromatic carbocycles. The van der Waals surface area contributed by atoms with Gasteiger partial charge in [0.25, 0.3) is 0 Å². The molecule has 116 valence electrons. The lowest BCUT2D eigenvalue weighted by atomic mass is 9.74. The van der Waals surface area contributed by atoms with Crippen molar-refractivity contribution in [1.82, 2.24) is 0 Å². The zero-order valence-electron chi connectivity index (χ0n) is 12.7. The van der Waals surface area contributed by atoms with Gasteiger partial charge in [-0.3, -0.25) is 14.4 Å². The molecule has 0 saturated heterocycles. The van der Waals surface area contributed by atoms with E-state index in [9.17, 15) is 19.2 Å². The number of azo groups is 1. The molecular formula is C14H20N2O5. The predicted molar refractivity (Wildman–Crippen MR) is 72.8 cm³/mol. The van der Waals surface area contributed by atoms with Crippen LogP contribution in [0.2, 0.25) is 0 Å². The number of hydrogen-bond acceptors (Lipinski definition) is 7. The van der Waals surface area contributed by atoms with E-state index in [4.69, 9.17) is 4.74 Å². The summed E-state index contributed by atoms with van der Waals surface area (Å²) in [5, 5.41) is 7.21. The van der Waals surface area contributed by atoms with Crippen molar-refractivity contribution in [1.29, 1.82) is 0 Å². The number of esters is 1. The van der Waals surface area contributed by atoms with Gasteiger partial charge in [-0.25, -0.2) is 4.79 Å². The molecule has 1 fully saturated rings. The molecule has 1 aliphatic carbocycles. The van der Waals surface area contributed by atoms with Crippen LogP contribution in [0.1, 0.15) is 40.5 Å². The van der Waals surface area contributed by atoms with Crippen LogP contribution in [-0.4, -0.2) is 42.0 Å². The Balaban J connectivity index is 2.86. The third kappa shape index (κ3) is 4.54. The summed E-state index contributed by atoms with van der Waals surface area (Å²) in [5.41, 5.74) is -0.388. The minimum Gasteiger partial charge on any atom is -0.464 e. The number of nitrogens with zero attached hydrogens (tertiary/aromatic N) is 2. The molecule has 7 nitrogen and oxygen atoms in total. The fourth-order valence-corrected chi connectivity index (χ4v) is 2.16. The number of ether oxygens (including phenoxy) is 1. The normalized spacial score (nSPS) is 20.6. The predicted octanol–water partition coefficient (Wildman–Crippen LogP) is 1.29. The van der Waals surface area contributed by atoms with Crippen molar-refractivity contribution in [2.45, 2.75) is 52.6 Å². The molecule has 0 bridgehead atoms. The number of Topliss-reactive ketones (excluding diaryl/α,β-unsaturated/α-hetero) is 3. The largest absolute Gasteiger partial charge is 0.464 e. The molecule has 7 heteroatoms. The minimum absolute atomic E-state index is 0.105. The van der Waals surface area contributed by atoms with Crippen molar-refractivity contribution >= 4 is 23.3 Å². The first-order valence-corrected chi connectivity index (χ1v) is 6.80. The van der Waals surface area contributed by atoms with E-state index in [1.807, 2.05) is 13.8 Å². The summed E-state index contributed by atoms with van der Waals surface area (Å²) in [4.78, 5) is 46.8. The van der Waals surface area contributed by atoms with Gasteiger partial charge in [-0.1, -0.05) is 13.8 Å². The molecule has 0 spiro atoms. The molecule has 0 aliphatic heterocycles. The molecule has 0 radical (unpaired) electrons. The Kier molecular flexibility index (Phi) is 5.46. The molecular weight excluding hydrogens is 276 g/mol. The third-order valence-corrected chi connectivity index (χ3v) is 3.11. The number of hydrogen-bond donors (Lipinski definition) is 0. The summed E-state index contributed by atoms with van der Waals surface area (Å²) in [7, 11) is 0. The molecule has 0 aromatic rings. The topological polar surface area (TPSA) is 102 Å². The Labute approximate surface area is 123 Å². The van der Waals surface area contributed by atoms with E-state index in [0.717, 1.165) is 0 Å². The highest BCUT2D eigenvalue weighted by Gasteiger charge is 2.40. The van der Waals surface area contributed by atoms with E-state index in [1.54, 1.807) is 6.92 Å². The minimum atomic E-state index is -1.42. The fourth-order valence-electron chi connectivity index (χ4n) is 2.16. The third-order valence-electron chi connectivity index (χ3n) is 3.11. The van der Waals surface area contributed by atoms with Crippen LogP contribution in [0.3, 0.4) is 0 Å². The molecule has 1 atom stereocenters. The summed E-state index contributed by atoms with van der Waals surface area (Å²) in [6, 6.07) is -2.63. The van der Waals surface area contributed by atoms with Crippen molar-refractivity contribution in [3.63, 3.8) is 0 Å². The van der Waals surface area contributed by atoms with Crippen molar-refractivity contribution < 1.29 is 23.9 Å². The van der Waals surface area contributed by atoms with Crippen LogP contribution in [0, 0.1) is 5.41 Å². The van der Waals surface area contributed by atoms with Crippen molar-refractivity contribution in [2.24, 2.45) is 15.6 Å². The molecule has 1 unspecified atom stereocenters. The van der Waals surface area contributed by atoms with Gasteiger partial charge in [-0.15, -0.1) is 0 Å². The maximum atomic E-state index is 11.9. The molecule has 0 aromatic heterocycles. The maximum Gasteiger partial charge on any atom is 0.340 e. The number of ketones is 3. The van der Waals surface area contributed by atoms with E-state index in [2.05, 4.69) is 10.2 Å². The van der Waals surface area contributed by atoms with Gasteiger partial charge in [0.2, 0.25) is 6.04 Å². The Hall–Kier alpha value is -1.92. The van der Waals surface area contributed by atoms with E-state index >= 15 is 0 Å². The summed E-state index contributed by atoms with van der Waals surface area (Å²) < 4.78 is 4.71. The van der Waals surface area contributed by atoms with Gasteiger partial charge in [0.05, 0.1) is 6.61 Å². The van der Waals surface area contributed by atoms with Crippen LogP contribution in [0.5, 0.6) is 0 Å². The Bertz CT molecular complexity index is 476. The first-order valence-electron chi connectivity index (χ1n) is 6.80. The smallest absolute Gasteiger partial charge is 0.340 e. The van der Waals surface area contributed by atoms with Gasteiger partial charge in [0.1, 0.15) is 0 Å². The maximum absolute atomic E-state index is 11.9. The van der Waals surface area contributed by atoms with E-state index in [-0.39, 0.29) is 36.4 Å². The van der Waals surface area contributed by atoms with Crippen LogP contribution < -0.4 is 0 Å². The van der Waals surface area contributed by atoms with Gasteiger partial charge in [0, 0.05) is 12.8 Å². The zero-order chi connectivity index (χ0) is 16.2. The second kappa shape index (κ2) is 6.69. The fraction of sp³-hybridized carbons (Fsp3) is 0.714. The number of carbonyl (C=O) groups is 4. The summed E-state index contributed by atoms with van der Waals surface area (Å²) in [6.07, 6.45) is 0.430. The highest BCUT2D eigenvalue weighted by Crippen LogP contribution is 2.32. The van der Waals surface area contributed by atoms with Gasteiger partial charge in [-0.05, 0) is 19.3 Å². The lowest BCUT2D eigenvalue weighted by Gasteiger charge is -2.29. The summed E-state index contributed by atoms with van der Waals surface area (Å²) >= 11 is 0. The number of rotatable bonds is 5. The zero-order valence-corrected chi connectivity index (χ0v) is 12.7. The molecule has 0 N–H and O–H groups in total. The van der Waals surface area contributed by atoms with E-state index in [1.165, 1.54) is 6.92 Å². The van der Waals surface area contributed by atoms with Crippen molar-refractivity contribution in [3.05, 3.63) is 0 Å². The van der Waals surface area contributed by atoms with Gasteiger partial charge in [-0.2, -0.15) is 10.2 Å². The van der Waals surface area contributed by atoms with Gasteiger partial charge in [0.15, 0.2) is 23.4 Å². The second-order valence-electron chi connectivity index (χ2n) is 5.85. The average molecular weight is 296 g/mol. The second-order valence-corrected chi connectivity index (χ2v) is 5.85. The molecule has 0 heterocycles. The van der Waals surface area contributed by atoms with Gasteiger partial charge >= 0.3 is 5.97 Å². The highest BCUT2D eigenvalue weighted by molar-refractivity contribution is 6.09. The first-order chi connectivity index (χ1) is 9.68. The Morgan fingerprint density at radius 2 is 1.81 bits per heavy atom. The Morgan fingerprint density at radius 3 is 2.24 bits per heavy atom. The SMILES string of the molecule is CCOC(=O)C(N=NC1C(=O)CC(C)(C)CC1=O)C(C)=O. The van der Waals surface area contributed by atoms with E-state index in [0.29, 0.717) is 0 Å². The van der Waals surface area contributed by atoms with Crippen LogP contribution in [0.4, 0.5) is 0 Å². The number of carbonyl (C=O) groups excluding carboxylic acids is 4. The molecule has 1 saturated carbocycles. The standard InChI is InChI=1S/C14H20N2O5/c1-5-21-13(20)11(8(2)17)15-16-12-9(18)6-14(3,4)7-10(12)19/h11-12H,5-7H2,1-4H3. The quantitative estimate of drug-likeness (QED) is 0.432. The summed E-state index contributed by atoms with van der Waals surface area (Å²) in [5.74, 6) is -2.06. The van der Waals surface area contributed by atoms with Crippen LogP contribution in [-0.2, 0) is 23.9 Å². The van der Waals surface area contributed by atoms with Crippen LogP contribution in [0.25, 0.3) is 0 Å². The average Bonchev–Trinajstić information content (AvgIpc) is 2.30. The van der Waals surface area contributed by atoms with E-state index < -0.39 is 23.8 Å². The van der Waals surface area contributed by atoms with Crippen LogP contribution >= 0.6 is 0 Å². The van der Waals surface area contributed by atoms with Crippen LogP contribution in [0.15, 0.2) is 10.2 Å². The molecule has 1 rings (SSSR count). The monoisotopic (exact) mass is 296 g/mol. The molecule has 1 aliphatic rings. The van der Waals surface area contributed by atoms with Crippen molar-refractivity contribution in [3.8, 4) is 0 Å². The molecule has 21 heavy (non-hydrogen) atoms. The highest BCUT2D eigenvalue weighted by atomic mass is 16.5. The first kappa shape index (κ1) is 17.1.